The summed E-state index contributed by atoms with van der Waals surface area (Å²) in [5.41, 5.74) is 3.14. The maximum absolute atomic E-state index is 11.8. The fourth-order valence-electron chi connectivity index (χ4n) is 3.35. The smallest absolute Gasteiger partial charge is 0.222 e. The Morgan fingerprint density at radius 2 is 2.22 bits per heavy atom. The lowest BCUT2D eigenvalue weighted by Crippen LogP contribution is -2.35. The van der Waals surface area contributed by atoms with Gasteiger partial charge in [-0.15, -0.1) is 0 Å². The Morgan fingerprint density at radius 1 is 1.48 bits per heavy atom. The Labute approximate surface area is 139 Å². The van der Waals surface area contributed by atoms with Crippen LogP contribution >= 0.6 is 0 Å². The van der Waals surface area contributed by atoms with Crippen LogP contribution in [0.1, 0.15) is 42.6 Å². The molecule has 1 unspecified atom stereocenters. The van der Waals surface area contributed by atoms with Crippen molar-refractivity contribution in [3.05, 3.63) is 23.0 Å². The summed E-state index contributed by atoms with van der Waals surface area (Å²) < 4.78 is 1.96. The largest absolute Gasteiger partial charge is 0.349 e. The number of nitrogens with zero attached hydrogens (tertiary/aromatic N) is 4. The zero-order chi connectivity index (χ0) is 17.0. The highest BCUT2D eigenvalue weighted by molar-refractivity contribution is 5.75. The van der Waals surface area contributed by atoms with Gasteiger partial charge in [-0.05, 0) is 50.3 Å². The van der Waals surface area contributed by atoms with E-state index in [2.05, 4.69) is 17.9 Å². The molecule has 1 aromatic rings. The van der Waals surface area contributed by atoms with Gasteiger partial charge in [0.15, 0.2) is 0 Å². The lowest BCUT2D eigenvalue weighted by atomic mass is 9.93. The van der Waals surface area contributed by atoms with E-state index in [-0.39, 0.29) is 5.91 Å². The molecule has 1 atom stereocenters. The molecule has 0 aromatic carbocycles. The van der Waals surface area contributed by atoms with E-state index in [0.717, 1.165) is 31.7 Å². The number of carbonyl (C=O) groups excluding carboxylic acids is 1. The third kappa shape index (κ3) is 4.35. The van der Waals surface area contributed by atoms with Crippen molar-refractivity contribution in [2.24, 2.45) is 13.0 Å². The van der Waals surface area contributed by atoms with E-state index in [1.807, 2.05) is 31.8 Å². The highest BCUT2D eigenvalue weighted by Crippen LogP contribution is 2.24. The standard InChI is InChI=1S/C18H28N4O/c1-14-16(10-17(11-19)21(14)4)13-22-9-5-6-15(12-22)7-8-18(23)20(2)3/h10,15H,5-9,12-13H2,1-4H3. The summed E-state index contributed by atoms with van der Waals surface area (Å²) in [5, 5.41) is 9.15. The quantitative estimate of drug-likeness (QED) is 0.837. The molecule has 1 amide bonds. The Balaban J connectivity index is 1.92. The van der Waals surface area contributed by atoms with Crippen LogP contribution in [0.3, 0.4) is 0 Å². The molecule has 0 radical (unpaired) electrons. The Morgan fingerprint density at radius 3 is 2.83 bits per heavy atom. The van der Waals surface area contributed by atoms with Crippen molar-refractivity contribution in [1.82, 2.24) is 14.4 Å². The number of likely N-dealkylation sites (tertiary alicyclic amines) is 1. The van der Waals surface area contributed by atoms with E-state index in [9.17, 15) is 4.79 Å². The molecule has 1 aromatic heterocycles. The zero-order valence-electron chi connectivity index (χ0n) is 14.8. The minimum Gasteiger partial charge on any atom is -0.349 e. The zero-order valence-corrected chi connectivity index (χ0v) is 14.8. The van der Waals surface area contributed by atoms with Crippen molar-refractivity contribution < 1.29 is 4.79 Å². The van der Waals surface area contributed by atoms with E-state index < -0.39 is 0 Å². The number of hydrogen-bond acceptors (Lipinski definition) is 3. The van der Waals surface area contributed by atoms with Gasteiger partial charge in [-0.3, -0.25) is 9.69 Å². The van der Waals surface area contributed by atoms with Gasteiger partial charge in [-0.25, -0.2) is 0 Å². The molecule has 2 rings (SSSR count). The summed E-state index contributed by atoms with van der Waals surface area (Å²) in [6, 6.07) is 4.26. The SMILES string of the molecule is Cc1c(CN2CCCC(CCC(=O)N(C)C)C2)cc(C#N)n1C. The van der Waals surface area contributed by atoms with Gasteiger partial charge in [-0.2, -0.15) is 5.26 Å². The van der Waals surface area contributed by atoms with E-state index in [0.29, 0.717) is 12.3 Å². The molecule has 0 spiro atoms. The number of nitriles is 1. The lowest BCUT2D eigenvalue weighted by molar-refractivity contribution is -0.129. The molecule has 0 aliphatic carbocycles. The Bertz CT molecular complexity index is 597. The van der Waals surface area contributed by atoms with Crippen molar-refractivity contribution in [2.45, 2.75) is 39.2 Å². The van der Waals surface area contributed by atoms with Gasteiger partial charge in [0.2, 0.25) is 5.91 Å². The first-order chi connectivity index (χ1) is 10.9. The second-order valence-corrected chi connectivity index (χ2v) is 6.88. The van der Waals surface area contributed by atoms with Crippen molar-refractivity contribution in [3.63, 3.8) is 0 Å². The minimum atomic E-state index is 0.222. The Kier molecular flexibility index (Phi) is 5.84. The van der Waals surface area contributed by atoms with E-state index >= 15 is 0 Å². The molecule has 1 aliphatic rings. The van der Waals surface area contributed by atoms with E-state index in [1.165, 1.54) is 24.1 Å². The summed E-state index contributed by atoms with van der Waals surface area (Å²) in [7, 11) is 5.59. The topological polar surface area (TPSA) is 52.3 Å². The van der Waals surface area contributed by atoms with Gasteiger partial charge in [0.05, 0.1) is 0 Å². The van der Waals surface area contributed by atoms with Crippen LogP contribution < -0.4 is 0 Å². The molecule has 2 heterocycles. The first-order valence-corrected chi connectivity index (χ1v) is 8.40. The van der Waals surface area contributed by atoms with Gasteiger partial charge < -0.3 is 9.47 Å². The summed E-state index contributed by atoms with van der Waals surface area (Å²) in [5.74, 6) is 0.826. The van der Waals surface area contributed by atoms with Crippen LogP contribution in [0.15, 0.2) is 6.07 Å². The van der Waals surface area contributed by atoms with Crippen LogP contribution in [0.4, 0.5) is 0 Å². The summed E-state index contributed by atoms with van der Waals surface area (Å²) in [6.45, 7) is 5.14. The first kappa shape index (κ1) is 17.6. The number of piperidine rings is 1. The molecule has 0 saturated carbocycles. The summed E-state index contributed by atoms with van der Waals surface area (Å²) in [4.78, 5) is 15.9. The molecular formula is C18H28N4O. The van der Waals surface area contributed by atoms with E-state index in [1.54, 1.807) is 4.90 Å². The van der Waals surface area contributed by atoms with Crippen LogP contribution in [0.2, 0.25) is 0 Å². The predicted octanol–water partition coefficient (Wildman–Crippen LogP) is 2.29. The van der Waals surface area contributed by atoms with Gasteiger partial charge in [0.25, 0.3) is 0 Å². The minimum absolute atomic E-state index is 0.222. The fourth-order valence-corrected chi connectivity index (χ4v) is 3.35. The average Bonchev–Trinajstić information content (AvgIpc) is 2.80. The van der Waals surface area contributed by atoms with Crippen molar-refractivity contribution in [1.29, 1.82) is 5.26 Å². The maximum atomic E-state index is 11.8. The number of aromatic nitrogens is 1. The van der Waals surface area contributed by atoms with Crippen LogP contribution in [0.25, 0.3) is 0 Å². The monoisotopic (exact) mass is 316 g/mol. The average molecular weight is 316 g/mol. The molecule has 126 valence electrons. The number of carbonyl (C=O) groups is 1. The maximum Gasteiger partial charge on any atom is 0.222 e. The van der Waals surface area contributed by atoms with Gasteiger partial charge in [-0.1, -0.05) is 0 Å². The third-order valence-electron chi connectivity index (χ3n) is 5.02. The normalized spacial score (nSPS) is 18.7. The molecule has 5 nitrogen and oxygen atoms in total. The lowest BCUT2D eigenvalue weighted by Gasteiger charge is -2.32. The number of rotatable bonds is 5. The fraction of sp³-hybridized carbons (Fsp3) is 0.667. The predicted molar refractivity (Wildman–Crippen MR) is 90.8 cm³/mol. The molecule has 23 heavy (non-hydrogen) atoms. The van der Waals surface area contributed by atoms with Crippen molar-refractivity contribution >= 4 is 5.91 Å². The number of hydrogen-bond donors (Lipinski definition) is 0. The summed E-state index contributed by atoms with van der Waals surface area (Å²) in [6.07, 6.45) is 4.03. The Hall–Kier alpha value is -1.80. The molecule has 5 heteroatoms. The molecule has 0 N–H and O–H groups in total. The highest BCUT2D eigenvalue weighted by atomic mass is 16.2. The van der Waals surface area contributed by atoms with Crippen LogP contribution in [0, 0.1) is 24.2 Å². The molecule has 1 aliphatic heterocycles. The van der Waals surface area contributed by atoms with Gasteiger partial charge >= 0.3 is 0 Å². The van der Waals surface area contributed by atoms with Crippen LogP contribution in [0.5, 0.6) is 0 Å². The molecule has 1 fully saturated rings. The number of amides is 1. The first-order valence-electron chi connectivity index (χ1n) is 8.40. The second-order valence-electron chi connectivity index (χ2n) is 6.88. The van der Waals surface area contributed by atoms with E-state index in [4.69, 9.17) is 5.26 Å². The molecule has 1 saturated heterocycles. The van der Waals surface area contributed by atoms with Gasteiger partial charge in [0, 0.05) is 46.3 Å². The summed E-state index contributed by atoms with van der Waals surface area (Å²) >= 11 is 0. The van der Waals surface area contributed by atoms with Crippen molar-refractivity contribution in [3.8, 4) is 6.07 Å². The van der Waals surface area contributed by atoms with Crippen molar-refractivity contribution in [2.75, 3.05) is 27.2 Å². The second kappa shape index (κ2) is 7.65. The molecule has 0 bridgehead atoms. The highest BCUT2D eigenvalue weighted by Gasteiger charge is 2.22. The van der Waals surface area contributed by atoms with Crippen LogP contribution in [-0.4, -0.2) is 47.5 Å². The third-order valence-corrected chi connectivity index (χ3v) is 5.02. The van der Waals surface area contributed by atoms with Crippen LogP contribution in [-0.2, 0) is 18.4 Å². The molecular weight excluding hydrogens is 288 g/mol. The van der Waals surface area contributed by atoms with Gasteiger partial charge in [0.1, 0.15) is 11.8 Å².